The van der Waals surface area contributed by atoms with Crippen molar-refractivity contribution in [2.24, 2.45) is 7.05 Å². The molecule has 0 aliphatic heterocycles. The molecule has 10 heteroatoms. The molecular formula is C38H34N10. The van der Waals surface area contributed by atoms with Crippen molar-refractivity contribution in [2.45, 2.75) is 6.54 Å². The monoisotopic (exact) mass is 630 g/mol. The third-order valence-electron chi connectivity index (χ3n) is 7.37. The topological polar surface area (TPSA) is 139 Å². The summed E-state index contributed by atoms with van der Waals surface area (Å²) in [5, 5.41) is 0. The van der Waals surface area contributed by atoms with Crippen molar-refractivity contribution in [1.82, 2.24) is 39.0 Å². The molecule has 236 valence electrons. The number of benzene rings is 3. The number of nitrogens with two attached hydrogens (primary N) is 2. The minimum atomic E-state index is 0.262. The molecule has 0 saturated heterocycles. The summed E-state index contributed by atoms with van der Waals surface area (Å²) >= 11 is 0. The Morgan fingerprint density at radius 2 is 1.02 bits per heavy atom. The van der Waals surface area contributed by atoms with Gasteiger partial charge in [0.1, 0.15) is 0 Å². The van der Waals surface area contributed by atoms with Crippen LogP contribution in [0, 0.1) is 0 Å². The Hall–Kier alpha value is -6.68. The molecule has 0 bridgehead atoms. The predicted molar refractivity (Wildman–Crippen MR) is 193 cm³/mol. The van der Waals surface area contributed by atoms with Gasteiger partial charge in [-0.25, -0.2) is 29.9 Å². The van der Waals surface area contributed by atoms with Crippen molar-refractivity contribution in [3.05, 3.63) is 157 Å². The van der Waals surface area contributed by atoms with Gasteiger partial charge in [0.25, 0.3) is 0 Å². The largest absolute Gasteiger partial charge is 0.368 e. The average molecular weight is 631 g/mol. The highest BCUT2D eigenvalue weighted by Crippen LogP contribution is 2.25. The maximum absolute atomic E-state index is 5.69. The van der Waals surface area contributed by atoms with E-state index in [1.165, 1.54) is 5.56 Å². The molecule has 4 N–H and O–H groups in total. The molecule has 4 aromatic heterocycles. The van der Waals surface area contributed by atoms with Crippen LogP contribution in [0.3, 0.4) is 0 Å². The summed E-state index contributed by atoms with van der Waals surface area (Å²) in [5.74, 6) is 0.531. The SMILES string of the molecule is Cn1cnc(-c2ccccc2)c1/C=C/c1ccnc(N)n1.Nc1nccc(/C=C/c2c(-c3ccccc3)ncn2Cc2ccccc2)n1. The fourth-order valence-corrected chi connectivity index (χ4v) is 5.04. The summed E-state index contributed by atoms with van der Waals surface area (Å²) in [4.78, 5) is 25.4. The fourth-order valence-electron chi connectivity index (χ4n) is 5.04. The van der Waals surface area contributed by atoms with Gasteiger partial charge in [-0.3, -0.25) is 0 Å². The van der Waals surface area contributed by atoms with Crippen LogP contribution in [-0.2, 0) is 13.6 Å². The maximum Gasteiger partial charge on any atom is 0.220 e. The quantitative estimate of drug-likeness (QED) is 0.188. The zero-order valence-electron chi connectivity index (χ0n) is 26.4. The maximum atomic E-state index is 5.69. The number of hydrogen-bond donors (Lipinski definition) is 2. The number of rotatable bonds is 8. The highest BCUT2D eigenvalue weighted by Gasteiger charge is 2.11. The van der Waals surface area contributed by atoms with E-state index in [1.807, 2.05) is 121 Å². The lowest BCUT2D eigenvalue weighted by Gasteiger charge is -2.07. The highest BCUT2D eigenvalue weighted by molar-refractivity contribution is 5.77. The van der Waals surface area contributed by atoms with E-state index in [0.717, 1.165) is 51.8 Å². The molecule has 0 atom stereocenters. The third kappa shape index (κ3) is 7.93. The van der Waals surface area contributed by atoms with Crippen molar-refractivity contribution in [2.75, 3.05) is 11.5 Å². The normalized spacial score (nSPS) is 11.1. The van der Waals surface area contributed by atoms with Gasteiger partial charge in [0.15, 0.2) is 0 Å². The van der Waals surface area contributed by atoms with Crippen LogP contribution in [0.4, 0.5) is 11.9 Å². The van der Waals surface area contributed by atoms with Crippen molar-refractivity contribution >= 4 is 36.2 Å². The molecule has 7 aromatic rings. The zero-order valence-corrected chi connectivity index (χ0v) is 26.4. The van der Waals surface area contributed by atoms with Gasteiger partial charge in [-0.2, -0.15) is 0 Å². The first kappa shape index (κ1) is 31.3. The summed E-state index contributed by atoms with van der Waals surface area (Å²) < 4.78 is 4.11. The lowest BCUT2D eigenvalue weighted by atomic mass is 10.1. The number of imidazole rings is 2. The van der Waals surface area contributed by atoms with E-state index in [0.29, 0.717) is 0 Å². The van der Waals surface area contributed by atoms with Crippen molar-refractivity contribution < 1.29 is 0 Å². The number of nitrogen functional groups attached to an aromatic ring is 2. The van der Waals surface area contributed by atoms with E-state index >= 15 is 0 Å². The van der Waals surface area contributed by atoms with Crippen LogP contribution in [0.15, 0.2) is 128 Å². The predicted octanol–water partition coefficient (Wildman–Crippen LogP) is 6.77. The molecular weight excluding hydrogens is 596 g/mol. The number of aromatic nitrogens is 8. The van der Waals surface area contributed by atoms with E-state index in [2.05, 4.69) is 58.7 Å². The average Bonchev–Trinajstić information content (AvgIpc) is 3.70. The first-order valence-electron chi connectivity index (χ1n) is 15.3. The Morgan fingerprint density at radius 1 is 0.542 bits per heavy atom. The summed E-state index contributed by atoms with van der Waals surface area (Å²) in [6, 6.07) is 34.2. The molecule has 3 aromatic carbocycles. The van der Waals surface area contributed by atoms with Gasteiger partial charge in [-0.15, -0.1) is 0 Å². The van der Waals surface area contributed by atoms with Gasteiger partial charge in [0, 0.05) is 37.1 Å². The highest BCUT2D eigenvalue weighted by atomic mass is 15.1. The van der Waals surface area contributed by atoms with Crippen LogP contribution in [-0.4, -0.2) is 39.0 Å². The second-order valence-corrected chi connectivity index (χ2v) is 10.8. The van der Waals surface area contributed by atoms with Gasteiger partial charge in [0.2, 0.25) is 11.9 Å². The van der Waals surface area contributed by atoms with Crippen molar-refractivity contribution in [3.63, 3.8) is 0 Å². The Balaban J connectivity index is 0.000000173. The second-order valence-electron chi connectivity index (χ2n) is 10.8. The van der Waals surface area contributed by atoms with Gasteiger partial charge in [0.05, 0.1) is 46.8 Å². The van der Waals surface area contributed by atoms with Crippen LogP contribution in [0.2, 0.25) is 0 Å². The Morgan fingerprint density at radius 3 is 1.56 bits per heavy atom. The number of nitrogens with zero attached hydrogens (tertiary/aromatic N) is 8. The van der Waals surface area contributed by atoms with E-state index in [4.69, 9.17) is 11.5 Å². The lowest BCUT2D eigenvalue weighted by molar-refractivity contribution is 0.790. The molecule has 0 unspecified atom stereocenters. The molecule has 0 radical (unpaired) electrons. The van der Waals surface area contributed by atoms with Crippen LogP contribution < -0.4 is 11.5 Å². The lowest BCUT2D eigenvalue weighted by Crippen LogP contribution is -2.01. The Bertz CT molecular complexity index is 2130. The second kappa shape index (κ2) is 15.1. The first-order valence-corrected chi connectivity index (χ1v) is 15.3. The number of hydrogen-bond acceptors (Lipinski definition) is 8. The van der Waals surface area contributed by atoms with E-state index in [9.17, 15) is 0 Å². The van der Waals surface area contributed by atoms with E-state index < -0.39 is 0 Å². The van der Waals surface area contributed by atoms with Gasteiger partial charge in [-0.1, -0.05) is 91.0 Å². The molecule has 0 saturated carbocycles. The molecule has 0 spiro atoms. The minimum Gasteiger partial charge on any atom is -0.368 e. The molecule has 10 nitrogen and oxygen atoms in total. The molecule has 0 amide bonds. The molecule has 4 heterocycles. The molecule has 7 rings (SSSR count). The van der Waals surface area contributed by atoms with E-state index in [1.54, 1.807) is 18.7 Å². The zero-order chi connectivity index (χ0) is 33.1. The van der Waals surface area contributed by atoms with Crippen LogP contribution in [0.25, 0.3) is 46.8 Å². The smallest absolute Gasteiger partial charge is 0.220 e. The van der Waals surface area contributed by atoms with Gasteiger partial charge >= 0.3 is 0 Å². The fraction of sp³-hybridized carbons (Fsp3) is 0.0526. The first-order chi connectivity index (χ1) is 23.5. The summed E-state index contributed by atoms with van der Waals surface area (Å²) in [5.41, 5.74) is 20.1. The summed E-state index contributed by atoms with van der Waals surface area (Å²) in [7, 11) is 1.97. The summed E-state index contributed by atoms with van der Waals surface area (Å²) in [6.45, 7) is 0.742. The Kier molecular flexibility index (Phi) is 9.83. The van der Waals surface area contributed by atoms with Gasteiger partial charge in [-0.05, 0) is 42.0 Å². The Labute approximate surface area is 278 Å². The van der Waals surface area contributed by atoms with Crippen LogP contribution in [0.1, 0.15) is 28.3 Å². The molecule has 0 aliphatic rings. The molecule has 48 heavy (non-hydrogen) atoms. The number of aryl methyl sites for hydroxylation is 1. The summed E-state index contributed by atoms with van der Waals surface area (Å²) in [6.07, 6.45) is 14.8. The van der Waals surface area contributed by atoms with Crippen LogP contribution >= 0.6 is 0 Å². The third-order valence-corrected chi connectivity index (χ3v) is 7.37. The van der Waals surface area contributed by atoms with Crippen molar-refractivity contribution in [1.29, 1.82) is 0 Å². The van der Waals surface area contributed by atoms with Crippen molar-refractivity contribution in [3.8, 4) is 22.5 Å². The van der Waals surface area contributed by atoms with Gasteiger partial charge < -0.3 is 20.6 Å². The van der Waals surface area contributed by atoms with E-state index in [-0.39, 0.29) is 11.9 Å². The molecule has 0 aliphatic carbocycles. The molecule has 0 fully saturated rings. The number of anilines is 2. The standard InChI is InChI=1S/C22H19N5.C16H15N5/c23-22-24-14-13-19(26-22)11-12-20-21(18-9-5-2-6-10-18)25-16-27(20)15-17-7-3-1-4-8-17;1-21-11-19-15(12-5-3-2-4-6-12)14(21)8-7-13-9-10-18-16(17)20-13/h1-14,16H,15H2,(H2,23,24,26);2-11H,1H3,(H2,17,18,20)/b12-11+;8-7+. The van der Waals surface area contributed by atoms with Crippen LogP contribution in [0.5, 0.6) is 0 Å². The minimum absolute atomic E-state index is 0.262.